The van der Waals surface area contributed by atoms with Crippen molar-refractivity contribution >= 4 is 18.0 Å². The van der Waals surface area contributed by atoms with Gasteiger partial charge in [0.1, 0.15) is 5.60 Å². The Balaban J connectivity index is 2.40. The first-order valence-electron chi connectivity index (χ1n) is 4.76. The van der Waals surface area contributed by atoms with E-state index in [1.807, 2.05) is 20.8 Å². The van der Waals surface area contributed by atoms with E-state index in [2.05, 4.69) is 0 Å². The number of amides is 1. The molecule has 1 fully saturated rings. The monoisotopic (exact) mass is 218 g/mol. The third kappa shape index (κ3) is 3.38. The lowest BCUT2D eigenvalue weighted by molar-refractivity contribution is 0.0295. The summed E-state index contributed by atoms with van der Waals surface area (Å²) in [6.45, 7) is 7.07. The lowest BCUT2D eigenvalue weighted by Gasteiger charge is -2.24. The Labute approximate surface area is 89.3 Å². The van der Waals surface area contributed by atoms with Crippen molar-refractivity contribution in [3.05, 3.63) is 0 Å². The summed E-state index contributed by atoms with van der Waals surface area (Å²) in [6.07, 6.45) is 0.731. The van der Waals surface area contributed by atoms with Crippen LogP contribution >= 0.6 is 11.9 Å². The zero-order chi connectivity index (χ0) is 10.8. The first kappa shape index (κ1) is 11.7. The molecule has 0 radical (unpaired) electrons. The van der Waals surface area contributed by atoms with Gasteiger partial charge < -0.3 is 9.64 Å². The highest BCUT2D eigenvalue weighted by molar-refractivity contribution is 7.97. The van der Waals surface area contributed by atoms with Crippen molar-refractivity contribution in [2.24, 2.45) is 5.14 Å². The molecule has 0 aromatic heterocycles. The van der Waals surface area contributed by atoms with Gasteiger partial charge in [-0.1, -0.05) is 11.9 Å². The van der Waals surface area contributed by atoms with E-state index < -0.39 is 5.60 Å². The zero-order valence-electron chi connectivity index (χ0n) is 8.95. The molecule has 1 rings (SSSR count). The Bertz CT molecular complexity index is 215. The van der Waals surface area contributed by atoms with Crippen LogP contribution in [0.5, 0.6) is 0 Å². The van der Waals surface area contributed by atoms with Crippen molar-refractivity contribution in [3.8, 4) is 0 Å². The molecule has 0 bridgehead atoms. The predicted molar refractivity (Wildman–Crippen MR) is 58.0 cm³/mol. The van der Waals surface area contributed by atoms with Crippen LogP contribution in [0.2, 0.25) is 0 Å². The number of rotatable bonds is 1. The SMILES string of the molecule is CC(C)(C)OC(=O)N1CC[C@@H](SN)C1. The molecule has 1 heterocycles. The van der Waals surface area contributed by atoms with Gasteiger partial charge in [-0.05, 0) is 27.2 Å². The third-order valence-corrected chi connectivity index (χ3v) is 2.76. The quantitative estimate of drug-likeness (QED) is 0.679. The van der Waals surface area contributed by atoms with Crippen LogP contribution in [0.15, 0.2) is 0 Å². The summed E-state index contributed by atoms with van der Waals surface area (Å²) in [7, 11) is 0. The van der Waals surface area contributed by atoms with Crippen LogP contribution in [0.1, 0.15) is 27.2 Å². The minimum Gasteiger partial charge on any atom is -0.444 e. The minimum absolute atomic E-state index is 0.228. The summed E-state index contributed by atoms with van der Waals surface area (Å²) in [4.78, 5) is 13.3. The molecule has 82 valence electrons. The Hall–Kier alpha value is -0.420. The van der Waals surface area contributed by atoms with Crippen molar-refractivity contribution < 1.29 is 9.53 Å². The van der Waals surface area contributed by atoms with Crippen molar-refractivity contribution in [1.29, 1.82) is 0 Å². The van der Waals surface area contributed by atoms with Crippen LogP contribution in [-0.2, 0) is 4.74 Å². The molecule has 1 saturated heterocycles. The summed E-state index contributed by atoms with van der Waals surface area (Å²) in [5.74, 6) is 0. The van der Waals surface area contributed by atoms with Crippen LogP contribution in [0.3, 0.4) is 0 Å². The fraction of sp³-hybridized carbons (Fsp3) is 0.889. The molecule has 0 aliphatic carbocycles. The summed E-state index contributed by atoms with van der Waals surface area (Å²) in [6, 6.07) is 0. The summed E-state index contributed by atoms with van der Waals surface area (Å²) >= 11 is 1.32. The largest absolute Gasteiger partial charge is 0.444 e. The topological polar surface area (TPSA) is 55.6 Å². The predicted octanol–water partition coefficient (Wildman–Crippen LogP) is 1.60. The average molecular weight is 218 g/mol. The van der Waals surface area contributed by atoms with Crippen LogP contribution in [0.4, 0.5) is 4.79 Å². The first-order chi connectivity index (χ1) is 6.42. The zero-order valence-corrected chi connectivity index (χ0v) is 9.76. The van der Waals surface area contributed by atoms with E-state index in [4.69, 9.17) is 9.88 Å². The number of nitrogens with two attached hydrogens (primary N) is 1. The maximum Gasteiger partial charge on any atom is 0.410 e. The Morgan fingerprint density at radius 2 is 2.21 bits per heavy atom. The minimum atomic E-state index is -0.412. The van der Waals surface area contributed by atoms with E-state index in [9.17, 15) is 4.79 Å². The van der Waals surface area contributed by atoms with Crippen molar-refractivity contribution in [3.63, 3.8) is 0 Å². The van der Waals surface area contributed by atoms with Crippen LogP contribution < -0.4 is 5.14 Å². The molecule has 5 heteroatoms. The van der Waals surface area contributed by atoms with Gasteiger partial charge in [-0.2, -0.15) is 0 Å². The van der Waals surface area contributed by atoms with Gasteiger partial charge in [-0.3, -0.25) is 5.14 Å². The van der Waals surface area contributed by atoms with Crippen LogP contribution in [-0.4, -0.2) is 34.9 Å². The normalized spacial score (nSPS) is 22.6. The van der Waals surface area contributed by atoms with Gasteiger partial charge in [0, 0.05) is 18.3 Å². The van der Waals surface area contributed by atoms with Crippen molar-refractivity contribution in [2.75, 3.05) is 13.1 Å². The fourth-order valence-electron chi connectivity index (χ4n) is 1.33. The second kappa shape index (κ2) is 4.40. The standard InChI is InChI=1S/C9H18N2O2S/c1-9(2,3)13-8(12)11-5-4-7(6-11)14-10/h7H,4-6,10H2,1-3H3/t7-/m1/s1. The number of carbonyl (C=O) groups is 1. The maximum absolute atomic E-state index is 11.6. The van der Waals surface area contributed by atoms with E-state index in [1.165, 1.54) is 11.9 Å². The smallest absolute Gasteiger partial charge is 0.410 e. The van der Waals surface area contributed by atoms with Gasteiger partial charge in [0.05, 0.1) is 0 Å². The average Bonchev–Trinajstić information content (AvgIpc) is 2.48. The van der Waals surface area contributed by atoms with Gasteiger partial charge in [-0.15, -0.1) is 0 Å². The highest BCUT2D eigenvalue weighted by Gasteiger charge is 2.29. The highest BCUT2D eigenvalue weighted by Crippen LogP contribution is 2.20. The summed E-state index contributed by atoms with van der Waals surface area (Å²) in [5.41, 5.74) is -0.412. The molecule has 14 heavy (non-hydrogen) atoms. The van der Waals surface area contributed by atoms with Gasteiger partial charge in [-0.25, -0.2) is 4.79 Å². The molecule has 0 saturated carbocycles. The van der Waals surface area contributed by atoms with Gasteiger partial charge in [0.2, 0.25) is 0 Å². The second-order valence-corrected chi connectivity index (χ2v) is 5.41. The molecule has 0 aromatic carbocycles. The molecule has 0 spiro atoms. The van der Waals surface area contributed by atoms with E-state index in [-0.39, 0.29) is 6.09 Å². The lowest BCUT2D eigenvalue weighted by atomic mass is 10.2. The molecule has 4 nitrogen and oxygen atoms in total. The van der Waals surface area contributed by atoms with Gasteiger partial charge in [0.25, 0.3) is 0 Å². The van der Waals surface area contributed by atoms with Gasteiger partial charge >= 0.3 is 6.09 Å². The van der Waals surface area contributed by atoms with Crippen molar-refractivity contribution in [2.45, 2.75) is 38.0 Å². The number of ether oxygens (including phenoxy) is 1. The number of hydrogen-bond donors (Lipinski definition) is 1. The van der Waals surface area contributed by atoms with Crippen LogP contribution in [0, 0.1) is 0 Å². The molecule has 1 atom stereocenters. The highest BCUT2D eigenvalue weighted by atomic mass is 32.2. The number of hydrogen-bond acceptors (Lipinski definition) is 4. The fourth-order valence-corrected chi connectivity index (χ4v) is 1.84. The van der Waals surface area contributed by atoms with E-state index in [0.717, 1.165) is 13.0 Å². The number of likely N-dealkylation sites (tertiary alicyclic amines) is 1. The summed E-state index contributed by atoms with van der Waals surface area (Å²) in [5, 5.41) is 5.82. The summed E-state index contributed by atoms with van der Waals surface area (Å²) < 4.78 is 5.25. The molecule has 0 aromatic rings. The Kier molecular flexibility index (Phi) is 3.66. The molecular weight excluding hydrogens is 200 g/mol. The van der Waals surface area contributed by atoms with E-state index >= 15 is 0 Å². The number of nitrogens with zero attached hydrogens (tertiary/aromatic N) is 1. The first-order valence-corrected chi connectivity index (χ1v) is 5.70. The lowest BCUT2D eigenvalue weighted by Crippen LogP contribution is -2.35. The molecule has 0 unspecified atom stereocenters. The number of carbonyl (C=O) groups excluding carboxylic acids is 1. The van der Waals surface area contributed by atoms with E-state index in [0.29, 0.717) is 11.8 Å². The maximum atomic E-state index is 11.6. The molecule has 2 N–H and O–H groups in total. The molecule has 1 aliphatic rings. The van der Waals surface area contributed by atoms with Crippen LogP contribution in [0.25, 0.3) is 0 Å². The van der Waals surface area contributed by atoms with Gasteiger partial charge in [0.15, 0.2) is 0 Å². The Morgan fingerprint density at radius 1 is 1.57 bits per heavy atom. The third-order valence-electron chi connectivity index (χ3n) is 1.99. The molecular formula is C9H18N2O2S. The molecule has 1 aliphatic heterocycles. The molecule has 1 amide bonds. The Morgan fingerprint density at radius 3 is 2.64 bits per heavy atom. The van der Waals surface area contributed by atoms with E-state index in [1.54, 1.807) is 4.90 Å². The van der Waals surface area contributed by atoms with Crippen molar-refractivity contribution in [1.82, 2.24) is 4.90 Å². The second-order valence-electron chi connectivity index (χ2n) is 4.47.